The van der Waals surface area contributed by atoms with Crippen molar-refractivity contribution in [1.29, 1.82) is 0 Å². The Kier molecular flexibility index (Phi) is 7.18. The Morgan fingerprint density at radius 2 is 1.63 bits per heavy atom. The zero-order valence-corrected chi connectivity index (χ0v) is 23.2. The summed E-state index contributed by atoms with van der Waals surface area (Å²) < 4.78 is 0. The molecule has 38 heavy (non-hydrogen) atoms. The van der Waals surface area contributed by atoms with Crippen LogP contribution in [0.3, 0.4) is 0 Å². The van der Waals surface area contributed by atoms with Crippen molar-refractivity contribution in [1.82, 2.24) is 0 Å². The first kappa shape index (κ1) is 26.4. The molecular weight excluding hydrogens is 468 g/mol. The van der Waals surface area contributed by atoms with Crippen LogP contribution < -0.4 is 0 Å². The summed E-state index contributed by atoms with van der Waals surface area (Å²) in [4.78, 5) is 0. The maximum atomic E-state index is 10.8. The number of hydrogen-bond donors (Lipinski definition) is 3. The smallest absolute Gasteiger partial charge is 0.116 e. The van der Waals surface area contributed by atoms with Gasteiger partial charge in [0.05, 0.1) is 12.2 Å². The Morgan fingerprint density at radius 1 is 0.974 bits per heavy atom. The van der Waals surface area contributed by atoms with Crippen LogP contribution in [0.15, 0.2) is 35.5 Å². The van der Waals surface area contributed by atoms with E-state index in [9.17, 15) is 15.3 Å². The second-order valence-electron chi connectivity index (χ2n) is 14.3. The highest BCUT2D eigenvalue weighted by atomic mass is 16.3. The van der Waals surface area contributed by atoms with Gasteiger partial charge in [0.2, 0.25) is 0 Å². The normalized spacial score (nSPS) is 45.2. The molecular formula is C35H46O3. The molecule has 0 heterocycles. The summed E-state index contributed by atoms with van der Waals surface area (Å²) in [6, 6.07) is 0. The van der Waals surface area contributed by atoms with Crippen molar-refractivity contribution in [3.8, 4) is 23.7 Å². The second kappa shape index (κ2) is 10.3. The predicted octanol–water partition coefficient (Wildman–Crippen LogP) is 6.10. The number of aliphatic hydroxyl groups excluding tert-OH is 3. The van der Waals surface area contributed by atoms with E-state index in [2.05, 4.69) is 49.3 Å². The van der Waals surface area contributed by atoms with E-state index < -0.39 is 18.3 Å². The molecule has 0 spiro atoms. The Hall–Kier alpha value is -1.78. The Labute approximate surface area is 229 Å². The van der Waals surface area contributed by atoms with E-state index in [4.69, 9.17) is 0 Å². The maximum absolute atomic E-state index is 10.8. The molecule has 3 nitrogen and oxygen atoms in total. The SMILES string of the molecule is C=C1[C@H](O)CC(=C/C=C2\CCC[C@]3(C)[C@@H](C#CC#C[C@H](O)CC45CC6CC(CC(C6)C4)C5)CC[C@@H]23)C[C@H]1O. The predicted molar refractivity (Wildman–Crippen MR) is 152 cm³/mol. The highest BCUT2D eigenvalue weighted by Gasteiger charge is 2.51. The lowest BCUT2D eigenvalue weighted by Crippen LogP contribution is -2.47. The van der Waals surface area contributed by atoms with Gasteiger partial charge in [-0.05, 0) is 142 Å². The number of rotatable bonds is 3. The third-order valence-electron chi connectivity index (χ3n) is 11.6. The molecule has 204 valence electrons. The lowest BCUT2D eigenvalue weighted by atomic mass is 9.48. The van der Waals surface area contributed by atoms with Crippen molar-refractivity contribution >= 4 is 0 Å². The van der Waals surface area contributed by atoms with Crippen molar-refractivity contribution < 1.29 is 15.3 Å². The fourth-order valence-electron chi connectivity index (χ4n) is 10.1. The molecule has 7 rings (SSSR count). The van der Waals surface area contributed by atoms with Crippen molar-refractivity contribution in [2.24, 2.45) is 40.4 Å². The molecule has 0 unspecified atom stereocenters. The minimum Gasteiger partial charge on any atom is -0.388 e. The van der Waals surface area contributed by atoms with Gasteiger partial charge in [0.15, 0.2) is 0 Å². The lowest BCUT2D eigenvalue weighted by Gasteiger charge is -2.57. The van der Waals surface area contributed by atoms with Gasteiger partial charge in [-0.3, -0.25) is 0 Å². The Bertz CT molecular complexity index is 1080. The van der Waals surface area contributed by atoms with E-state index in [1.807, 2.05) is 0 Å². The molecule has 0 aromatic rings. The van der Waals surface area contributed by atoms with Gasteiger partial charge in [-0.15, -0.1) is 0 Å². The van der Waals surface area contributed by atoms with Crippen molar-refractivity contribution in [3.63, 3.8) is 0 Å². The van der Waals surface area contributed by atoms with Gasteiger partial charge in [-0.2, -0.15) is 0 Å². The number of fused-ring (bicyclic) bond motifs is 1. The van der Waals surface area contributed by atoms with Gasteiger partial charge in [-0.25, -0.2) is 0 Å². The van der Waals surface area contributed by atoms with Crippen LogP contribution in [-0.4, -0.2) is 33.6 Å². The molecule has 3 heteroatoms. The molecule has 4 bridgehead atoms. The van der Waals surface area contributed by atoms with E-state index in [1.165, 1.54) is 56.9 Å². The van der Waals surface area contributed by atoms with Crippen LogP contribution in [0.2, 0.25) is 0 Å². The fourth-order valence-corrected chi connectivity index (χ4v) is 10.1. The van der Waals surface area contributed by atoms with Crippen LogP contribution in [-0.2, 0) is 0 Å². The molecule has 7 aliphatic carbocycles. The topological polar surface area (TPSA) is 60.7 Å². The number of aliphatic hydroxyl groups is 3. The highest BCUT2D eigenvalue weighted by molar-refractivity contribution is 5.33. The van der Waals surface area contributed by atoms with E-state index in [0.29, 0.717) is 35.7 Å². The molecule has 0 amide bonds. The first-order valence-electron chi connectivity index (χ1n) is 15.4. The number of hydrogen-bond acceptors (Lipinski definition) is 3. The third kappa shape index (κ3) is 5.08. The summed E-state index contributed by atoms with van der Waals surface area (Å²) in [5, 5.41) is 31.2. The molecule has 0 aromatic carbocycles. The summed E-state index contributed by atoms with van der Waals surface area (Å²) in [5.41, 5.74) is 3.68. The maximum Gasteiger partial charge on any atom is 0.116 e. The van der Waals surface area contributed by atoms with Gasteiger partial charge in [0, 0.05) is 5.92 Å². The number of allylic oxidation sites excluding steroid dienone is 3. The quantitative estimate of drug-likeness (QED) is 0.315. The zero-order valence-electron chi connectivity index (χ0n) is 23.2. The molecule has 7 saturated carbocycles. The molecule has 0 radical (unpaired) electrons. The molecule has 7 fully saturated rings. The highest BCUT2D eigenvalue weighted by Crippen LogP contribution is 2.61. The van der Waals surface area contributed by atoms with Crippen LogP contribution in [0, 0.1) is 64.1 Å². The summed E-state index contributed by atoms with van der Waals surface area (Å²) in [6.45, 7) is 6.24. The summed E-state index contributed by atoms with van der Waals surface area (Å²) >= 11 is 0. The largest absolute Gasteiger partial charge is 0.388 e. The first-order valence-corrected chi connectivity index (χ1v) is 15.4. The van der Waals surface area contributed by atoms with Gasteiger partial charge >= 0.3 is 0 Å². The van der Waals surface area contributed by atoms with Crippen LogP contribution in [0.5, 0.6) is 0 Å². The van der Waals surface area contributed by atoms with Crippen LogP contribution in [0.1, 0.15) is 96.8 Å². The molecule has 6 atom stereocenters. The van der Waals surface area contributed by atoms with E-state index in [1.54, 1.807) is 0 Å². The van der Waals surface area contributed by atoms with Crippen LogP contribution >= 0.6 is 0 Å². The molecule has 0 aromatic heterocycles. The first-order chi connectivity index (χ1) is 18.2. The average molecular weight is 515 g/mol. The fraction of sp³-hybridized carbons (Fsp3) is 0.714. The van der Waals surface area contributed by atoms with Crippen molar-refractivity contribution in [2.45, 2.75) is 115 Å². The average Bonchev–Trinajstić information content (AvgIpc) is 3.19. The molecule has 7 aliphatic rings. The molecule has 3 N–H and O–H groups in total. The zero-order chi connectivity index (χ0) is 26.5. The Balaban J connectivity index is 1.08. The van der Waals surface area contributed by atoms with Crippen molar-refractivity contribution in [2.75, 3.05) is 0 Å². The van der Waals surface area contributed by atoms with E-state index in [-0.39, 0.29) is 5.41 Å². The van der Waals surface area contributed by atoms with Gasteiger partial charge in [0.1, 0.15) is 6.10 Å². The van der Waals surface area contributed by atoms with Gasteiger partial charge in [-0.1, -0.05) is 48.6 Å². The lowest BCUT2D eigenvalue weighted by molar-refractivity contribution is -0.0696. The third-order valence-corrected chi connectivity index (χ3v) is 11.6. The van der Waals surface area contributed by atoms with Crippen LogP contribution in [0.25, 0.3) is 0 Å². The minimum absolute atomic E-state index is 0.176. The van der Waals surface area contributed by atoms with E-state index >= 15 is 0 Å². The van der Waals surface area contributed by atoms with Gasteiger partial charge < -0.3 is 15.3 Å². The second-order valence-corrected chi connectivity index (χ2v) is 14.3. The molecule has 0 aliphatic heterocycles. The minimum atomic E-state index is -0.640. The summed E-state index contributed by atoms with van der Waals surface area (Å²) in [6.07, 6.45) is 18.6. The standard InChI is InChI=1S/C35H46O3/c1-23-32(37)17-24(18-33(23)38)9-10-28-6-5-13-34(2)29(11-12-31(28)34)7-3-4-8-30(36)22-35-19-25-14-26(20-35)16-27(15-25)21-35/h9-10,25-27,29-33,36-38H,1,5-6,11-22H2,2H3/b28-10+/t25?,26?,27?,29-,30-,31-,32+,33+,34+,35?/m0/s1. The van der Waals surface area contributed by atoms with Crippen LogP contribution in [0.4, 0.5) is 0 Å². The van der Waals surface area contributed by atoms with Gasteiger partial charge in [0.25, 0.3) is 0 Å². The van der Waals surface area contributed by atoms with E-state index in [0.717, 1.165) is 49.0 Å². The van der Waals surface area contributed by atoms with Crippen molar-refractivity contribution in [3.05, 3.63) is 35.5 Å². The molecule has 0 saturated heterocycles. The summed E-state index contributed by atoms with van der Waals surface area (Å²) in [7, 11) is 0. The Morgan fingerprint density at radius 3 is 2.29 bits per heavy atom. The monoisotopic (exact) mass is 514 g/mol. The summed E-state index contributed by atoms with van der Waals surface area (Å²) in [5.74, 6) is 16.5.